The zero-order chi connectivity index (χ0) is 18.0. The second-order valence-electron chi connectivity index (χ2n) is 5.03. The lowest BCUT2D eigenvalue weighted by Crippen LogP contribution is -2.23. The standard InChI is InChI=1S/C15H12F3N5O2/c1-8-10(12-3-2-4-21-23(12)22-8)7-19-13(24)9-5-11(16)14(20-6-9)25-15(17)18/h2-6,15H,7H2,1H3,(H,19,24). The van der Waals surface area contributed by atoms with Gasteiger partial charge in [0, 0.05) is 24.5 Å². The number of carbonyl (C=O) groups is 1. The van der Waals surface area contributed by atoms with E-state index in [1.54, 1.807) is 25.3 Å². The minimum Gasteiger partial charge on any atom is -0.414 e. The lowest BCUT2D eigenvalue weighted by atomic mass is 10.2. The predicted octanol–water partition coefficient (Wildman–Crippen LogP) is 2.10. The van der Waals surface area contributed by atoms with Crippen molar-refractivity contribution in [2.75, 3.05) is 0 Å². The average molecular weight is 351 g/mol. The molecule has 0 unspecified atom stereocenters. The van der Waals surface area contributed by atoms with E-state index in [0.717, 1.165) is 23.3 Å². The molecule has 0 saturated carbocycles. The van der Waals surface area contributed by atoms with Gasteiger partial charge < -0.3 is 10.1 Å². The second kappa shape index (κ2) is 6.75. The van der Waals surface area contributed by atoms with Crippen molar-refractivity contribution in [2.45, 2.75) is 20.1 Å². The van der Waals surface area contributed by atoms with Crippen LogP contribution in [0.1, 0.15) is 21.6 Å². The summed E-state index contributed by atoms with van der Waals surface area (Å²) in [5.41, 5.74) is 2.05. The minimum absolute atomic E-state index is 0.119. The van der Waals surface area contributed by atoms with E-state index < -0.39 is 24.2 Å². The molecule has 7 nitrogen and oxygen atoms in total. The maximum Gasteiger partial charge on any atom is 0.388 e. The van der Waals surface area contributed by atoms with Gasteiger partial charge in [0.2, 0.25) is 0 Å². The molecular formula is C15H12F3N5O2. The van der Waals surface area contributed by atoms with E-state index in [-0.39, 0.29) is 12.1 Å². The van der Waals surface area contributed by atoms with Crippen LogP contribution in [0.15, 0.2) is 30.6 Å². The zero-order valence-corrected chi connectivity index (χ0v) is 12.9. The van der Waals surface area contributed by atoms with Crippen molar-refractivity contribution in [2.24, 2.45) is 0 Å². The van der Waals surface area contributed by atoms with Gasteiger partial charge in [-0.3, -0.25) is 4.79 Å². The Morgan fingerprint density at radius 2 is 2.24 bits per heavy atom. The number of nitrogens with zero attached hydrogens (tertiary/aromatic N) is 4. The number of carbonyl (C=O) groups excluding carboxylic acids is 1. The molecule has 3 aromatic heterocycles. The largest absolute Gasteiger partial charge is 0.414 e. The van der Waals surface area contributed by atoms with Crippen LogP contribution in [0.4, 0.5) is 13.2 Å². The highest BCUT2D eigenvalue weighted by Crippen LogP contribution is 2.17. The molecule has 25 heavy (non-hydrogen) atoms. The molecule has 0 aliphatic rings. The molecular weight excluding hydrogens is 339 g/mol. The summed E-state index contributed by atoms with van der Waals surface area (Å²) >= 11 is 0. The van der Waals surface area contributed by atoms with Gasteiger partial charge in [0.1, 0.15) is 0 Å². The van der Waals surface area contributed by atoms with E-state index in [4.69, 9.17) is 0 Å². The van der Waals surface area contributed by atoms with Crippen LogP contribution < -0.4 is 10.1 Å². The number of fused-ring (bicyclic) bond motifs is 1. The molecule has 10 heteroatoms. The summed E-state index contributed by atoms with van der Waals surface area (Å²) in [6.07, 6.45) is 2.54. The maximum atomic E-state index is 13.6. The Kier molecular flexibility index (Phi) is 4.50. The van der Waals surface area contributed by atoms with E-state index in [9.17, 15) is 18.0 Å². The molecule has 0 saturated heterocycles. The number of amides is 1. The third-order valence-corrected chi connectivity index (χ3v) is 3.42. The lowest BCUT2D eigenvalue weighted by molar-refractivity contribution is -0.0553. The fraction of sp³-hybridized carbons (Fsp3) is 0.200. The molecule has 1 amide bonds. The fourth-order valence-electron chi connectivity index (χ4n) is 2.26. The fourth-order valence-corrected chi connectivity index (χ4v) is 2.26. The Morgan fingerprint density at radius 3 is 2.96 bits per heavy atom. The molecule has 0 aliphatic carbocycles. The summed E-state index contributed by atoms with van der Waals surface area (Å²) in [6, 6.07) is 4.32. The number of halogens is 3. The summed E-state index contributed by atoms with van der Waals surface area (Å²) in [5.74, 6) is -2.63. The van der Waals surface area contributed by atoms with Crippen molar-refractivity contribution in [1.29, 1.82) is 0 Å². The van der Waals surface area contributed by atoms with Gasteiger partial charge in [-0.15, -0.1) is 0 Å². The Bertz CT molecular complexity index is 929. The highest BCUT2D eigenvalue weighted by Gasteiger charge is 2.16. The van der Waals surface area contributed by atoms with Crippen molar-refractivity contribution in [1.82, 2.24) is 25.1 Å². The first-order valence-electron chi connectivity index (χ1n) is 7.14. The number of hydrogen-bond acceptors (Lipinski definition) is 5. The van der Waals surface area contributed by atoms with Gasteiger partial charge in [0.25, 0.3) is 11.8 Å². The summed E-state index contributed by atoms with van der Waals surface area (Å²) < 4.78 is 43.1. The van der Waals surface area contributed by atoms with Crippen LogP contribution in [-0.4, -0.2) is 32.3 Å². The topological polar surface area (TPSA) is 81.4 Å². The van der Waals surface area contributed by atoms with Gasteiger partial charge in [-0.1, -0.05) is 0 Å². The first-order valence-corrected chi connectivity index (χ1v) is 7.14. The molecule has 0 radical (unpaired) electrons. The third-order valence-electron chi connectivity index (χ3n) is 3.42. The molecule has 130 valence electrons. The molecule has 0 atom stereocenters. The number of ether oxygens (including phenoxy) is 1. The number of pyridine rings is 1. The number of alkyl halides is 2. The number of aryl methyl sites for hydroxylation is 1. The molecule has 0 aliphatic heterocycles. The highest BCUT2D eigenvalue weighted by molar-refractivity contribution is 5.94. The van der Waals surface area contributed by atoms with Crippen molar-refractivity contribution in [3.63, 3.8) is 0 Å². The highest BCUT2D eigenvalue weighted by atomic mass is 19.3. The number of rotatable bonds is 5. The van der Waals surface area contributed by atoms with Gasteiger partial charge in [-0.2, -0.15) is 23.6 Å². The smallest absolute Gasteiger partial charge is 0.388 e. The van der Waals surface area contributed by atoms with Crippen LogP contribution in [0.25, 0.3) is 5.52 Å². The van der Waals surface area contributed by atoms with Crippen molar-refractivity contribution in [3.05, 3.63) is 53.2 Å². The summed E-state index contributed by atoms with van der Waals surface area (Å²) in [7, 11) is 0. The van der Waals surface area contributed by atoms with Crippen LogP contribution in [-0.2, 0) is 6.54 Å². The van der Waals surface area contributed by atoms with E-state index in [2.05, 4.69) is 25.2 Å². The normalized spacial score (nSPS) is 11.1. The summed E-state index contributed by atoms with van der Waals surface area (Å²) in [5, 5.41) is 10.9. The molecule has 3 heterocycles. The molecule has 3 aromatic rings. The van der Waals surface area contributed by atoms with Gasteiger partial charge in [0.15, 0.2) is 5.82 Å². The van der Waals surface area contributed by atoms with Crippen LogP contribution in [0.2, 0.25) is 0 Å². The molecule has 1 N–H and O–H groups in total. The van der Waals surface area contributed by atoms with Crippen molar-refractivity contribution < 1.29 is 22.7 Å². The second-order valence-corrected chi connectivity index (χ2v) is 5.03. The van der Waals surface area contributed by atoms with Gasteiger partial charge >= 0.3 is 6.61 Å². The van der Waals surface area contributed by atoms with Gasteiger partial charge in [-0.05, 0) is 25.1 Å². The summed E-state index contributed by atoms with van der Waals surface area (Å²) in [6.45, 7) is -1.29. The first-order chi connectivity index (χ1) is 12.0. The Hall–Kier alpha value is -3.17. The Labute approximate surface area is 139 Å². The third kappa shape index (κ3) is 3.52. The van der Waals surface area contributed by atoms with Crippen LogP contribution >= 0.6 is 0 Å². The number of hydrogen-bond donors (Lipinski definition) is 1. The Balaban J connectivity index is 1.74. The monoisotopic (exact) mass is 351 g/mol. The number of nitrogens with one attached hydrogen (secondary N) is 1. The zero-order valence-electron chi connectivity index (χ0n) is 12.9. The molecule has 0 fully saturated rings. The SMILES string of the molecule is Cc1nn2ncccc2c1CNC(=O)c1cnc(OC(F)F)c(F)c1. The molecule has 0 aromatic carbocycles. The van der Waals surface area contributed by atoms with Crippen LogP contribution in [0, 0.1) is 12.7 Å². The average Bonchev–Trinajstić information content (AvgIpc) is 2.89. The summed E-state index contributed by atoms with van der Waals surface area (Å²) in [4.78, 5) is 15.5. The minimum atomic E-state index is -3.20. The van der Waals surface area contributed by atoms with E-state index in [1.165, 1.54) is 4.63 Å². The predicted molar refractivity (Wildman–Crippen MR) is 79.7 cm³/mol. The van der Waals surface area contributed by atoms with Crippen LogP contribution in [0.3, 0.4) is 0 Å². The first kappa shape index (κ1) is 16.7. The van der Waals surface area contributed by atoms with Crippen molar-refractivity contribution in [3.8, 4) is 5.88 Å². The van der Waals surface area contributed by atoms with E-state index >= 15 is 0 Å². The number of aromatic nitrogens is 4. The quantitative estimate of drug-likeness (QED) is 0.761. The Morgan fingerprint density at radius 1 is 1.44 bits per heavy atom. The van der Waals surface area contributed by atoms with E-state index in [0.29, 0.717) is 5.69 Å². The van der Waals surface area contributed by atoms with Crippen LogP contribution in [0.5, 0.6) is 5.88 Å². The van der Waals surface area contributed by atoms with Gasteiger partial charge in [0.05, 0.1) is 16.8 Å². The maximum absolute atomic E-state index is 13.6. The van der Waals surface area contributed by atoms with E-state index in [1.807, 2.05) is 0 Å². The lowest BCUT2D eigenvalue weighted by Gasteiger charge is -2.07. The molecule has 3 rings (SSSR count). The van der Waals surface area contributed by atoms with Crippen molar-refractivity contribution >= 4 is 11.4 Å². The molecule has 0 spiro atoms. The van der Waals surface area contributed by atoms with Gasteiger partial charge in [-0.25, -0.2) is 9.37 Å². The molecule has 0 bridgehead atoms.